The van der Waals surface area contributed by atoms with Gasteiger partial charge in [-0.1, -0.05) is 56.8 Å². The van der Waals surface area contributed by atoms with Gasteiger partial charge < -0.3 is 0 Å². The van der Waals surface area contributed by atoms with Crippen molar-refractivity contribution in [3.63, 3.8) is 0 Å². The standard InChI is InChI=1S/C15H21Si/c1-10(2)12-7-6-8-13-14(12)9-11(3)15(13)16(4)5/h6-10,15H,1-5H3. The Labute approximate surface area is 101 Å². The molecule has 1 radical (unpaired) electrons. The maximum atomic E-state index is 2.42. The summed E-state index contributed by atoms with van der Waals surface area (Å²) in [7, 11) is -0.283. The van der Waals surface area contributed by atoms with E-state index in [1.807, 2.05) is 0 Å². The predicted octanol–water partition coefficient (Wildman–Crippen LogP) is 4.60. The third-order valence-corrected chi connectivity index (χ3v) is 5.43. The highest BCUT2D eigenvalue weighted by Gasteiger charge is 2.27. The van der Waals surface area contributed by atoms with Gasteiger partial charge in [0.05, 0.1) is 8.80 Å². The molecule has 1 atom stereocenters. The summed E-state index contributed by atoms with van der Waals surface area (Å²) in [5, 5.41) is 0. The van der Waals surface area contributed by atoms with Crippen LogP contribution in [0, 0.1) is 0 Å². The van der Waals surface area contributed by atoms with Crippen LogP contribution in [0.3, 0.4) is 0 Å². The van der Waals surface area contributed by atoms with Crippen LogP contribution in [-0.2, 0) is 0 Å². The summed E-state index contributed by atoms with van der Waals surface area (Å²) in [5.41, 5.74) is 6.93. The third-order valence-electron chi connectivity index (χ3n) is 3.51. The molecule has 0 fully saturated rings. The highest BCUT2D eigenvalue weighted by atomic mass is 28.3. The molecule has 0 spiro atoms. The zero-order valence-electron chi connectivity index (χ0n) is 11.0. The molecule has 0 aromatic heterocycles. The van der Waals surface area contributed by atoms with Crippen LogP contribution < -0.4 is 0 Å². The summed E-state index contributed by atoms with van der Waals surface area (Å²) in [6, 6.07) is 6.85. The van der Waals surface area contributed by atoms with Crippen molar-refractivity contribution in [2.24, 2.45) is 0 Å². The largest absolute Gasteiger partial charge is 0.0705 e. The van der Waals surface area contributed by atoms with E-state index in [1.165, 1.54) is 11.1 Å². The Hall–Kier alpha value is -0.823. The van der Waals surface area contributed by atoms with E-state index in [4.69, 9.17) is 0 Å². The second-order valence-electron chi connectivity index (χ2n) is 5.40. The van der Waals surface area contributed by atoms with Crippen LogP contribution in [0.25, 0.3) is 6.08 Å². The topological polar surface area (TPSA) is 0 Å². The molecule has 85 valence electrons. The van der Waals surface area contributed by atoms with Gasteiger partial charge in [0.15, 0.2) is 0 Å². The van der Waals surface area contributed by atoms with Gasteiger partial charge in [-0.25, -0.2) is 0 Å². The van der Waals surface area contributed by atoms with E-state index in [1.54, 1.807) is 11.1 Å². The Bertz CT molecular complexity index is 427. The summed E-state index contributed by atoms with van der Waals surface area (Å²) in [5.74, 6) is 0.627. The summed E-state index contributed by atoms with van der Waals surface area (Å²) in [6.45, 7) is 11.7. The van der Waals surface area contributed by atoms with E-state index < -0.39 is 0 Å². The number of hydrogen-bond donors (Lipinski definition) is 0. The SMILES string of the molecule is CC1=Cc2c(C(C)C)cccc2C1[Si](C)C. The third kappa shape index (κ3) is 1.78. The molecule has 0 aliphatic heterocycles. The zero-order valence-corrected chi connectivity index (χ0v) is 12.0. The molecule has 1 aromatic rings. The molecular weight excluding hydrogens is 208 g/mol. The summed E-state index contributed by atoms with van der Waals surface area (Å²) in [4.78, 5) is 0. The minimum Gasteiger partial charge on any atom is -0.0705 e. The number of rotatable bonds is 2. The molecule has 0 N–H and O–H groups in total. The molecule has 1 aliphatic carbocycles. The van der Waals surface area contributed by atoms with E-state index in [0.717, 1.165) is 5.54 Å². The lowest BCUT2D eigenvalue weighted by Crippen LogP contribution is -2.15. The quantitative estimate of drug-likeness (QED) is 0.650. The Morgan fingerprint density at radius 2 is 1.88 bits per heavy atom. The van der Waals surface area contributed by atoms with E-state index >= 15 is 0 Å². The van der Waals surface area contributed by atoms with Crippen molar-refractivity contribution in [2.75, 3.05) is 0 Å². The minimum atomic E-state index is -0.283. The molecule has 0 heterocycles. The van der Waals surface area contributed by atoms with E-state index in [2.05, 4.69) is 58.1 Å². The molecule has 0 amide bonds. The molecule has 1 heteroatoms. The van der Waals surface area contributed by atoms with Crippen molar-refractivity contribution >= 4 is 14.9 Å². The van der Waals surface area contributed by atoms with Crippen molar-refractivity contribution in [2.45, 2.75) is 45.3 Å². The number of fused-ring (bicyclic) bond motifs is 1. The fourth-order valence-electron chi connectivity index (χ4n) is 2.85. The Kier molecular flexibility index (Phi) is 3.07. The second kappa shape index (κ2) is 4.21. The van der Waals surface area contributed by atoms with Crippen LogP contribution in [0.2, 0.25) is 13.1 Å². The molecule has 0 saturated carbocycles. The second-order valence-corrected chi connectivity index (χ2v) is 8.14. The van der Waals surface area contributed by atoms with E-state index in [-0.39, 0.29) is 8.80 Å². The Morgan fingerprint density at radius 1 is 1.19 bits per heavy atom. The molecule has 16 heavy (non-hydrogen) atoms. The molecule has 2 rings (SSSR count). The Morgan fingerprint density at radius 3 is 2.44 bits per heavy atom. The first-order valence-electron chi connectivity index (χ1n) is 6.13. The van der Waals surface area contributed by atoms with Crippen LogP contribution in [-0.4, -0.2) is 8.80 Å². The van der Waals surface area contributed by atoms with Crippen molar-refractivity contribution in [1.29, 1.82) is 0 Å². The van der Waals surface area contributed by atoms with Crippen molar-refractivity contribution in [3.05, 3.63) is 40.5 Å². The molecule has 1 aliphatic rings. The number of hydrogen-bond acceptors (Lipinski definition) is 0. The molecular formula is C15H21Si. The maximum Gasteiger partial charge on any atom is 0.0551 e. The fraction of sp³-hybridized carbons (Fsp3) is 0.467. The normalized spacial score (nSPS) is 19.2. The predicted molar refractivity (Wildman–Crippen MR) is 74.4 cm³/mol. The van der Waals surface area contributed by atoms with Gasteiger partial charge in [0.2, 0.25) is 0 Å². The van der Waals surface area contributed by atoms with Gasteiger partial charge in [0.25, 0.3) is 0 Å². The lowest BCUT2D eigenvalue weighted by atomic mass is 9.95. The minimum absolute atomic E-state index is 0.283. The number of allylic oxidation sites excluding steroid dienone is 1. The monoisotopic (exact) mass is 229 g/mol. The van der Waals surface area contributed by atoms with Gasteiger partial charge in [-0.2, -0.15) is 0 Å². The van der Waals surface area contributed by atoms with Gasteiger partial charge >= 0.3 is 0 Å². The van der Waals surface area contributed by atoms with Crippen molar-refractivity contribution in [3.8, 4) is 0 Å². The first-order chi connectivity index (χ1) is 7.52. The maximum absolute atomic E-state index is 2.42. The molecule has 0 nitrogen and oxygen atoms in total. The molecule has 1 aromatic carbocycles. The van der Waals surface area contributed by atoms with E-state index in [0.29, 0.717) is 5.92 Å². The molecule has 0 bridgehead atoms. The van der Waals surface area contributed by atoms with Gasteiger partial charge in [-0.05, 0) is 35.1 Å². The van der Waals surface area contributed by atoms with Crippen LogP contribution in [0.15, 0.2) is 23.8 Å². The number of benzene rings is 1. The first kappa shape index (κ1) is 11.7. The average Bonchev–Trinajstić information content (AvgIpc) is 2.52. The smallest absolute Gasteiger partial charge is 0.0551 e. The van der Waals surface area contributed by atoms with Gasteiger partial charge in [0.1, 0.15) is 0 Å². The van der Waals surface area contributed by atoms with Gasteiger partial charge in [-0.3, -0.25) is 0 Å². The van der Waals surface area contributed by atoms with Gasteiger partial charge in [-0.15, -0.1) is 0 Å². The summed E-state index contributed by atoms with van der Waals surface area (Å²) < 4.78 is 0. The highest BCUT2D eigenvalue weighted by molar-refractivity contribution is 6.58. The average molecular weight is 229 g/mol. The van der Waals surface area contributed by atoms with Crippen LogP contribution in [0.1, 0.15) is 48.9 Å². The zero-order chi connectivity index (χ0) is 11.9. The fourth-order valence-corrected chi connectivity index (χ4v) is 4.71. The van der Waals surface area contributed by atoms with Crippen LogP contribution in [0.4, 0.5) is 0 Å². The summed E-state index contributed by atoms with van der Waals surface area (Å²) >= 11 is 0. The van der Waals surface area contributed by atoms with Crippen molar-refractivity contribution in [1.82, 2.24) is 0 Å². The lowest BCUT2D eigenvalue weighted by Gasteiger charge is -2.18. The van der Waals surface area contributed by atoms with Crippen molar-refractivity contribution < 1.29 is 0 Å². The van der Waals surface area contributed by atoms with Crippen LogP contribution >= 0.6 is 0 Å². The highest BCUT2D eigenvalue weighted by Crippen LogP contribution is 2.40. The first-order valence-corrected chi connectivity index (χ1v) is 8.71. The lowest BCUT2D eigenvalue weighted by molar-refractivity contribution is 0.861. The molecule has 1 unspecified atom stereocenters. The Balaban J connectivity index is 2.55. The summed E-state index contributed by atoms with van der Waals surface area (Å²) in [6.07, 6.45) is 2.42. The van der Waals surface area contributed by atoms with Gasteiger partial charge in [0, 0.05) is 0 Å². The van der Waals surface area contributed by atoms with Crippen LogP contribution in [0.5, 0.6) is 0 Å². The van der Waals surface area contributed by atoms with E-state index in [9.17, 15) is 0 Å². The molecule has 0 saturated heterocycles.